The third kappa shape index (κ3) is 4.80. The van der Waals surface area contributed by atoms with Crippen molar-refractivity contribution in [3.05, 3.63) is 59.8 Å². The fourth-order valence-electron chi connectivity index (χ4n) is 4.07. The number of likely N-dealkylation sites (N-methyl/N-ethyl adjacent to an activating group) is 2. The van der Waals surface area contributed by atoms with E-state index in [4.69, 9.17) is 4.98 Å². The monoisotopic (exact) mass is 453 g/mol. The number of rotatable bonds is 9. The van der Waals surface area contributed by atoms with Gasteiger partial charge in [0.2, 0.25) is 11.9 Å². The van der Waals surface area contributed by atoms with Gasteiger partial charge in [-0.15, -0.1) is 0 Å². The minimum atomic E-state index is -0.445. The average Bonchev–Trinajstić information content (AvgIpc) is 3.27. The van der Waals surface area contributed by atoms with Crippen LogP contribution in [0.25, 0.3) is 0 Å². The summed E-state index contributed by atoms with van der Waals surface area (Å²) < 4.78 is 14.9. The van der Waals surface area contributed by atoms with Gasteiger partial charge in [0.1, 0.15) is 17.5 Å². The summed E-state index contributed by atoms with van der Waals surface area (Å²) in [5.74, 6) is 0.831. The van der Waals surface area contributed by atoms with Crippen molar-refractivity contribution in [2.75, 3.05) is 34.8 Å². The zero-order chi connectivity index (χ0) is 23.4. The highest BCUT2D eigenvalue weighted by Gasteiger charge is 2.37. The van der Waals surface area contributed by atoms with E-state index in [1.54, 1.807) is 34.1 Å². The first-order valence-corrected chi connectivity index (χ1v) is 11.1. The lowest BCUT2D eigenvalue weighted by Crippen LogP contribution is -2.54. The maximum atomic E-state index is 13.1. The number of nitrogens with zero attached hydrogens (tertiary/aromatic N) is 6. The van der Waals surface area contributed by atoms with Crippen LogP contribution in [-0.4, -0.2) is 56.5 Å². The molecule has 9 nitrogen and oxygen atoms in total. The van der Waals surface area contributed by atoms with E-state index >= 15 is 0 Å². The van der Waals surface area contributed by atoms with E-state index in [-0.39, 0.29) is 18.3 Å². The minimum Gasteiger partial charge on any atom is -0.396 e. The van der Waals surface area contributed by atoms with Crippen LogP contribution >= 0.6 is 0 Å². The molecule has 1 aromatic carbocycles. The summed E-state index contributed by atoms with van der Waals surface area (Å²) in [5.41, 5.74) is 2.59. The number of benzene rings is 1. The van der Waals surface area contributed by atoms with Crippen LogP contribution in [0.1, 0.15) is 31.4 Å². The van der Waals surface area contributed by atoms with Gasteiger partial charge >= 0.3 is 0 Å². The summed E-state index contributed by atoms with van der Waals surface area (Å²) in [6.45, 7) is 5.93. The Balaban J connectivity index is 1.48. The number of nitrogens with one attached hydrogen (secondary N) is 1. The average molecular weight is 454 g/mol. The maximum Gasteiger partial charge on any atom is 0.249 e. The van der Waals surface area contributed by atoms with Crippen molar-refractivity contribution in [3.8, 4) is 0 Å². The van der Waals surface area contributed by atoms with E-state index in [1.807, 2.05) is 24.9 Å². The van der Waals surface area contributed by atoms with E-state index in [2.05, 4.69) is 15.4 Å². The highest BCUT2D eigenvalue weighted by molar-refractivity contribution is 6.04. The molecule has 1 amide bonds. The van der Waals surface area contributed by atoms with Gasteiger partial charge in [-0.2, -0.15) is 10.1 Å². The number of aliphatic hydroxyl groups excluding tert-OH is 1. The fraction of sp³-hybridized carbons (Fsp3) is 0.391. The highest BCUT2D eigenvalue weighted by atomic mass is 19.1. The molecule has 3 aromatic rings. The summed E-state index contributed by atoms with van der Waals surface area (Å²) in [6.07, 6.45) is 5.70. The van der Waals surface area contributed by atoms with E-state index in [0.29, 0.717) is 50.1 Å². The van der Waals surface area contributed by atoms with Crippen LogP contribution in [0.3, 0.4) is 0 Å². The van der Waals surface area contributed by atoms with Gasteiger partial charge in [-0.3, -0.25) is 9.48 Å². The predicted octanol–water partition coefficient (Wildman–Crippen LogP) is 2.42. The van der Waals surface area contributed by atoms with Gasteiger partial charge < -0.3 is 20.2 Å². The molecular formula is C23H28FN7O2. The summed E-state index contributed by atoms with van der Waals surface area (Å²) in [7, 11) is 0. The van der Waals surface area contributed by atoms with Crippen LogP contribution < -0.4 is 15.1 Å². The number of aromatic nitrogens is 4. The van der Waals surface area contributed by atoms with Crippen LogP contribution in [0.4, 0.5) is 21.8 Å². The number of amides is 1. The Kier molecular flexibility index (Phi) is 6.83. The first kappa shape index (κ1) is 22.7. The molecule has 0 unspecified atom stereocenters. The number of carbonyl (C=O) groups is 1. The maximum absolute atomic E-state index is 13.1. The van der Waals surface area contributed by atoms with E-state index in [0.717, 1.165) is 11.1 Å². The smallest absolute Gasteiger partial charge is 0.249 e. The van der Waals surface area contributed by atoms with Crippen molar-refractivity contribution in [1.29, 1.82) is 0 Å². The van der Waals surface area contributed by atoms with Gasteiger partial charge in [0, 0.05) is 38.0 Å². The minimum absolute atomic E-state index is 0.0428. The van der Waals surface area contributed by atoms with Gasteiger partial charge in [-0.05, 0) is 38.0 Å². The van der Waals surface area contributed by atoms with Crippen LogP contribution in [0, 0.1) is 5.82 Å². The first-order valence-electron chi connectivity index (χ1n) is 11.1. The van der Waals surface area contributed by atoms with Crippen LogP contribution in [0.2, 0.25) is 0 Å². The lowest BCUT2D eigenvalue weighted by atomic mass is 10.1. The third-order valence-corrected chi connectivity index (χ3v) is 5.69. The number of hydrogen-bond donors (Lipinski definition) is 2. The quantitative estimate of drug-likeness (QED) is 0.513. The Hall–Kier alpha value is -3.53. The molecule has 2 aromatic heterocycles. The summed E-state index contributed by atoms with van der Waals surface area (Å²) in [5, 5.41) is 17.1. The second-order valence-corrected chi connectivity index (χ2v) is 7.83. The molecule has 10 heteroatoms. The molecule has 0 saturated heterocycles. The van der Waals surface area contributed by atoms with Crippen LogP contribution in [0.5, 0.6) is 0 Å². The molecule has 2 N–H and O–H groups in total. The molecule has 0 spiro atoms. The van der Waals surface area contributed by atoms with Crippen molar-refractivity contribution in [2.24, 2.45) is 0 Å². The standard InChI is InChI=1S/C23H28FN7O2/c1-3-30-19(9-10-32)22(33)31(4-2)20-13-26-23(28-21(20)30)25-11-17-12-27-29(15-17)14-16-5-7-18(24)8-6-16/h5-8,12-13,15,19,32H,3-4,9-11,14H2,1-2H3,(H,25,26,28)/t19-/m0/s1. The predicted molar refractivity (Wildman–Crippen MR) is 124 cm³/mol. The van der Waals surface area contributed by atoms with Gasteiger partial charge in [0.25, 0.3) is 0 Å². The molecule has 1 aliphatic rings. The van der Waals surface area contributed by atoms with Gasteiger partial charge in [0.15, 0.2) is 5.82 Å². The van der Waals surface area contributed by atoms with Gasteiger partial charge in [-0.25, -0.2) is 9.37 Å². The number of fused-ring (bicyclic) bond motifs is 1. The molecule has 3 heterocycles. The van der Waals surface area contributed by atoms with E-state index in [1.165, 1.54) is 12.1 Å². The van der Waals surface area contributed by atoms with Crippen LogP contribution in [0.15, 0.2) is 42.9 Å². The molecule has 0 saturated carbocycles. The number of aliphatic hydroxyl groups is 1. The Bertz CT molecular complexity index is 1100. The molecule has 0 bridgehead atoms. The molecule has 0 aliphatic carbocycles. The number of anilines is 3. The Morgan fingerprint density at radius 2 is 1.91 bits per heavy atom. The number of carbonyl (C=O) groups excluding carboxylic acids is 1. The van der Waals surface area contributed by atoms with Crippen LogP contribution in [-0.2, 0) is 17.9 Å². The summed E-state index contributed by atoms with van der Waals surface area (Å²) >= 11 is 0. The van der Waals surface area contributed by atoms with Crippen molar-refractivity contribution in [2.45, 2.75) is 39.4 Å². The van der Waals surface area contributed by atoms with Crippen molar-refractivity contribution in [1.82, 2.24) is 19.7 Å². The number of hydrogen-bond acceptors (Lipinski definition) is 7. The molecule has 174 valence electrons. The molecular weight excluding hydrogens is 425 g/mol. The van der Waals surface area contributed by atoms with E-state index in [9.17, 15) is 14.3 Å². The zero-order valence-electron chi connectivity index (χ0n) is 18.8. The van der Waals surface area contributed by atoms with E-state index < -0.39 is 6.04 Å². The molecule has 0 fully saturated rings. The van der Waals surface area contributed by atoms with Crippen molar-refractivity contribution >= 4 is 23.4 Å². The second kappa shape index (κ2) is 9.95. The topological polar surface area (TPSA) is 99.4 Å². The van der Waals surface area contributed by atoms with Crippen molar-refractivity contribution in [3.63, 3.8) is 0 Å². The van der Waals surface area contributed by atoms with Gasteiger partial charge in [-0.1, -0.05) is 12.1 Å². The number of halogens is 1. The second-order valence-electron chi connectivity index (χ2n) is 7.83. The Morgan fingerprint density at radius 1 is 1.12 bits per heavy atom. The molecule has 1 aliphatic heterocycles. The Morgan fingerprint density at radius 3 is 2.61 bits per heavy atom. The third-order valence-electron chi connectivity index (χ3n) is 5.69. The SMILES string of the molecule is CCN1C(=O)[C@H](CCO)N(CC)c2nc(NCc3cnn(Cc4ccc(F)cc4)c3)ncc21. The lowest BCUT2D eigenvalue weighted by Gasteiger charge is -2.41. The molecule has 4 rings (SSSR count). The lowest BCUT2D eigenvalue weighted by molar-refractivity contribution is -0.120. The summed E-state index contributed by atoms with van der Waals surface area (Å²) in [4.78, 5) is 25.6. The first-order chi connectivity index (χ1) is 16.0. The van der Waals surface area contributed by atoms with Crippen molar-refractivity contribution < 1.29 is 14.3 Å². The molecule has 0 radical (unpaired) electrons. The zero-order valence-corrected chi connectivity index (χ0v) is 18.8. The normalized spacial score (nSPS) is 15.6. The van der Waals surface area contributed by atoms with Gasteiger partial charge in [0.05, 0.1) is 18.9 Å². The molecule has 33 heavy (non-hydrogen) atoms. The highest BCUT2D eigenvalue weighted by Crippen LogP contribution is 2.35. The largest absolute Gasteiger partial charge is 0.396 e. The fourth-order valence-corrected chi connectivity index (χ4v) is 4.07. The summed E-state index contributed by atoms with van der Waals surface area (Å²) in [6, 6.07) is 5.91. The molecule has 1 atom stereocenters. The Labute approximate surface area is 191 Å².